The largest absolute Gasteiger partial charge is 0.462 e. The van der Waals surface area contributed by atoms with Gasteiger partial charge in [0.25, 0.3) is 0 Å². The number of nitrogens with one attached hydrogen (secondary N) is 1. The van der Waals surface area contributed by atoms with Gasteiger partial charge in [-0.3, -0.25) is 0 Å². The minimum Gasteiger partial charge on any atom is -0.462 e. The number of ether oxygens (including phenoxy) is 1. The van der Waals surface area contributed by atoms with Gasteiger partial charge in [-0.15, -0.1) is 0 Å². The van der Waals surface area contributed by atoms with E-state index in [9.17, 15) is 4.79 Å². The van der Waals surface area contributed by atoms with Crippen molar-refractivity contribution in [3.8, 4) is 0 Å². The number of esters is 1. The van der Waals surface area contributed by atoms with Crippen molar-refractivity contribution >= 4 is 11.9 Å². The zero-order valence-electron chi connectivity index (χ0n) is 13.1. The normalized spacial score (nSPS) is 17.8. The van der Waals surface area contributed by atoms with Gasteiger partial charge in [-0.05, 0) is 40.2 Å². The Morgan fingerprint density at radius 3 is 2.90 bits per heavy atom. The number of aromatic nitrogens is 2. The van der Waals surface area contributed by atoms with Crippen LogP contribution in [0.1, 0.15) is 42.7 Å². The Hall–Kier alpha value is -1.69. The maximum absolute atomic E-state index is 11.8. The molecule has 6 heteroatoms. The highest BCUT2D eigenvalue weighted by atomic mass is 16.5. The van der Waals surface area contributed by atoms with Gasteiger partial charge in [-0.1, -0.05) is 0 Å². The third kappa shape index (κ3) is 3.91. The van der Waals surface area contributed by atoms with Crippen LogP contribution in [0.2, 0.25) is 0 Å². The van der Waals surface area contributed by atoms with Crippen LogP contribution in [-0.2, 0) is 4.74 Å². The molecule has 0 saturated carbocycles. The average molecular weight is 292 g/mol. The number of likely N-dealkylation sites (N-methyl/N-ethyl adjacent to an activating group) is 1. The van der Waals surface area contributed by atoms with E-state index < -0.39 is 0 Å². The van der Waals surface area contributed by atoms with E-state index in [-0.39, 0.29) is 5.97 Å². The molecule has 1 atom stereocenters. The maximum atomic E-state index is 11.8. The van der Waals surface area contributed by atoms with Crippen LogP contribution in [0.3, 0.4) is 0 Å². The Balaban J connectivity index is 2.11. The second-order valence-electron chi connectivity index (χ2n) is 5.22. The number of aryl methyl sites for hydroxylation is 1. The molecule has 1 fully saturated rings. The monoisotopic (exact) mass is 292 g/mol. The van der Waals surface area contributed by atoms with E-state index in [4.69, 9.17) is 4.74 Å². The second-order valence-corrected chi connectivity index (χ2v) is 5.22. The number of anilines is 1. The molecule has 0 radical (unpaired) electrons. The van der Waals surface area contributed by atoms with E-state index in [1.165, 1.54) is 12.8 Å². The van der Waals surface area contributed by atoms with Crippen LogP contribution >= 0.6 is 0 Å². The topological polar surface area (TPSA) is 67.3 Å². The summed E-state index contributed by atoms with van der Waals surface area (Å²) in [6.45, 7) is 8.88. The molecule has 0 bridgehead atoms. The van der Waals surface area contributed by atoms with Crippen LogP contribution in [0.4, 0.5) is 5.95 Å². The number of rotatable bonds is 6. The van der Waals surface area contributed by atoms with Gasteiger partial charge in [0.15, 0.2) is 0 Å². The van der Waals surface area contributed by atoms with Gasteiger partial charge in [0.1, 0.15) is 0 Å². The molecule has 1 aromatic rings. The molecule has 1 aliphatic rings. The molecular weight excluding hydrogens is 268 g/mol. The molecule has 1 unspecified atom stereocenters. The molecule has 6 nitrogen and oxygen atoms in total. The van der Waals surface area contributed by atoms with Crippen molar-refractivity contribution < 1.29 is 9.53 Å². The molecule has 0 aromatic carbocycles. The summed E-state index contributed by atoms with van der Waals surface area (Å²) in [6.07, 6.45) is 3.99. The highest BCUT2D eigenvalue weighted by molar-refractivity contribution is 5.90. The standard InChI is InChI=1S/C15H24N4O2/c1-4-19(10-12-7-6-8-16-12)15-17-9-13(11(3)18-15)14(20)21-5-2/h9,12,16H,4-8,10H2,1-3H3. The summed E-state index contributed by atoms with van der Waals surface area (Å²) in [5.74, 6) is 0.318. The number of carbonyl (C=O) groups is 1. The molecule has 1 aromatic heterocycles. The first-order chi connectivity index (χ1) is 10.2. The maximum Gasteiger partial charge on any atom is 0.341 e. The lowest BCUT2D eigenvalue weighted by atomic mass is 10.2. The van der Waals surface area contributed by atoms with E-state index in [0.29, 0.717) is 29.9 Å². The predicted octanol–water partition coefficient (Wildman–Crippen LogP) is 1.54. The Morgan fingerprint density at radius 1 is 1.52 bits per heavy atom. The van der Waals surface area contributed by atoms with E-state index in [1.54, 1.807) is 13.1 Å². The van der Waals surface area contributed by atoms with Crippen molar-refractivity contribution in [3.63, 3.8) is 0 Å². The molecule has 2 rings (SSSR count). The van der Waals surface area contributed by atoms with Gasteiger partial charge in [-0.2, -0.15) is 0 Å². The summed E-state index contributed by atoms with van der Waals surface area (Å²) in [6, 6.07) is 0.499. The Kier molecular flexibility index (Phi) is 5.50. The smallest absolute Gasteiger partial charge is 0.341 e. The molecule has 1 N–H and O–H groups in total. The van der Waals surface area contributed by atoms with Crippen LogP contribution in [0.25, 0.3) is 0 Å². The van der Waals surface area contributed by atoms with Crippen LogP contribution in [0, 0.1) is 6.92 Å². The molecular formula is C15H24N4O2. The fourth-order valence-electron chi connectivity index (χ4n) is 2.55. The van der Waals surface area contributed by atoms with E-state index in [1.807, 2.05) is 6.92 Å². The molecule has 2 heterocycles. The molecule has 1 saturated heterocycles. The molecule has 0 spiro atoms. The summed E-state index contributed by atoms with van der Waals surface area (Å²) in [7, 11) is 0. The predicted molar refractivity (Wildman–Crippen MR) is 81.6 cm³/mol. The lowest BCUT2D eigenvalue weighted by molar-refractivity contribution is 0.0524. The highest BCUT2D eigenvalue weighted by Gasteiger charge is 2.20. The first-order valence-corrected chi connectivity index (χ1v) is 7.64. The Labute approximate surface area is 125 Å². The fourth-order valence-corrected chi connectivity index (χ4v) is 2.55. The summed E-state index contributed by atoms with van der Waals surface area (Å²) in [5, 5.41) is 3.48. The Bertz CT molecular complexity index is 487. The first kappa shape index (κ1) is 15.7. The van der Waals surface area contributed by atoms with Crippen LogP contribution in [0.5, 0.6) is 0 Å². The molecule has 116 valence electrons. The number of carbonyl (C=O) groups excluding carboxylic acids is 1. The molecule has 0 aliphatic carbocycles. The average Bonchev–Trinajstić information content (AvgIpc) is 2.97. The van der Waals surface area contributed by atoms with E-state index >= 15 is 0 Å². The van der Waals surface area contributed by atoms with Crippen LogP contribution in [-0.4, -0.2) is 48.2 Å². The fraction of sp³-hybridized carbons (Fsp3) is 0.667. The van der Waals surface area contributed by atoms with Crippen LogP contribution in [0.15, 0.2) is 6.20 Å². The summed E-state index contributed by atoms with van der Waals surface area (Å²) in [4.78, 5) is 22.7. The first-order valence-electron chi connectivity index (χ1n) is 7.64. The van der Waals surface area contributed by atoms with Crippen molar-refractivity contribution in [2.24, 2.45) is 0 Å². The van der Waals surface area contributed by atoms with E-state index in [2.05, 4.69) is 27.1 Å². The minimum atomic E-state index is -0.359. The third-order valence-electron chi connectivity index (χ3n) is 3.73. The third-order valence-corrected chi connectivity index (χ3v) is 3.73. The highest BCUT2D eigenvalue weighted by Crippen LogP contribution is 2.15. The zero-order chi connectivity index (χ0) is 15.2. The van der Waals surface area contributed by atoms with Gasteiger partial charge in [0.05, 0.1) is 17.9 Å². The second kappa shape index (κ2) is 7.36. The lowest BCUT2D eigenvalue weighted by Gasteiger charge is -2.24. The molecule has 1 aliphatic heterocycles. The van der Waals surface area contributed by atoms with Crippen LogP contribution < -0.4 is 10.2 Å². The van der Waals surface area contributed by atoms with Crippen molar-refractivity contribution in [2.75, 3.05) is 31.1 Å². The van der Waals surface area contributed by atoms with Gasteiger partial charge < -0.3 is 15.0 Å². The number of hydrogen-bond acceptors (Lipinski definition) is 6. The van der Waals surface area contributed by atoms with E-state index in [0.717, 1.165) is 19.6 Å². The van der Waals surface area contributed by atoms with Crippen molar-refractivity contribution in [2.45, 2.75) is 39.7 Å². The molecule has 21 heavy (non-hydrogen) atoms. The van der Waals surface area contributed by atoms with Gasteiger partial charge in [-0.25, -0.2) is 14.8 Å². The molecule has 0 amide bonds. The SMILES string of the molecule is CCOC(=O)c1cnc(N(CC)CC2CCCN2)nc1C. The number of hydrogen-bond donors (Lipinski definition) is 1. The van der Waals surface area contributed by atoms with Crippen molar-refractivity contribution in [1.82, 2.24) is 15.3 Å². The Morgan fingerprint density at radius 2 is 2.33 bits per heavy atom. The minimum absolute atomic E-state index is 0.356. The van der Waals surface area contributed by atoms with Gasteiger partial charge >= 0.3 is 5.97 Å². The van der Waals surface area contributed by atoms with Crippen molar-refractivity contribution in [1.29, 1.82) is 0 Å². The van der Waals surface area contributed by atoms with Gasteiger partial charge in [0.2, 0.25) is 5.95 Å². The van der Waals surface area contributed by atoms with Gasteiger partial charge in [0, 0.05) is 25.3 Å². The number of nitrogens with zero attached hydrogens (tertiary/aromatic N) is 3. The lowest BCUT2D eigenvalue weighted by Crippen LogP contribution is -2.38. The zero-order valence-corrected chi connectivity index (χ0v) is 13.1. The van der Waals surface area contributed by atoms with Crippen molar-refractivity contribution in [3.05, 3.63) is 17.5 Å². The summed E-state index contributed by atoms with van der Waals surface area (Å²) in [5.41, 5.74) is 1.10. The summed E-state index contributed by atoms with van der Waals surface area (Å²) >= 11 is 0. The quantitative estimate of drug-likeness (QED) is 0.802. The summed E-state index contributed by atoms with van der Waals surface area (Å²) < 4.78 is 5.00.